The quantitative estimate of drug-likeness (QED) is 0.819. The molecule has 0 aliphatic carbocycles. The van der Waals surface area contributed by atoms with Crippen molar-refractivity contribution in [2.24, 2.45) is 11.7 Å². The zero-order valence-electron chi connectivity index (χ0n) is 11.7. The van der Waals surface area contributed by atoms with Crippen molar-refractivity contribution in [3.05, 3.63) is 34.9 Å². The van der Waals surface area contributed by atoms with E-state index < -0.39 is 0 Å². The lowest BCUT2D eigenvalue weighted by Crippen LogP contribution is -2.30. The first-order valence-corrected chi connectivity index (χ1v) is 6.47. The molecule has 0 saturated carbocycles. The van der Waals surface area contributed by atoms with Gasteiger partial charge in [-0.15, -0.1) is 0 Å². The Hall–Kier alpha value is -0.860. The molecule has 0 radical (unpaired) electrons. The first-order chi connectivity index (χ1) is 8.02. The van der Waals surface area contributed by atoms with Gasteiger partial charge in [-0.05, 0) is 50.9 Å². The van der Waals surface area contributed by atoms with Gasteiger partial charge in [0.15, 0.2) is 0 Å². The van der Waals surface area contributed by atoms with Gasteiger partial charge in [-0.1, -0.05) is 30.7 Å². The summed E-state index contributed by atoms with van der Waals surface area (Å²) < 4.78 is 0. The van der Waals surface area contributed by atoms with Gasteiger partial charge in [0.1, 0.15) is 0 Å². The minimum Gasteiger partial charge on any atom is -0.330 e. The van der Waals surface area contributed by atoms with Gasteiger partial charge in [0.2, 0.25) is 0 Å². The normalized spacial score (nSPS) is 13.1. The van der Waals surface area contributed by atoms with E-state index in [0.717, 1.165) is 26.1 Å². The Kier molecular flexibility index (Phi) is 5.66. The summed E-state index contributed by atoms with van der Waals surface area (Å²) in [6.45, 7) is 9.51. The zero-order valence-corrected chi connectivity index (χ0v) is 11.7. The molecule has 2 heteroatoms. The summed E-state index contributed by atoms with van der Waals surface area (Å²) in [4.78, 5) is 2.37. The van der Waals surface area contributed by atoms with Crippen molar-refractivity contribution < 1.29 is 0 Å². The van der Waals surface area contributed by atoms with E-state index >= 15 is 0 Å². The van der Waals surface area contributed by atoms with Crippen LogP contribution in [0.25, 0.3) is 0 Å². The van der Waals surface area contributed by atoms with Gasteiger partial charge in [-0.3, -0.25) is 0 Å². The van der Waals surface area contributed by atoms with E-state index in [0.29, 0.717) is 5.92 Å². The monoisotopic (exact) mass is 234 g/mol. The Morgan fingerprint density at radius 1 is 1.29 bits per heavy atom. The molecular weight excluding hydrogens is 208 g/mol. The number of hydrogen-bond donors (Lipinski definition) is 1. The van der Waals surface area contributed by atoms with E-state index in [1.165, 1.54) is 16.7 Å². The molecule has 2 N–H and O–H groups in total. The Morgan fingerprint density at radius 2 is 2.00 bits per heavy atom. The van der Waals surface area contributed by atoms with Gasteiger partial charge in [-0.2, -0.15) is 0 Å². The SMILES string of the molecule is Cc1ccc(C)c(CCN(C)CC(C)CN)c1. The Bertz CT molecular complexity index is 347. The Morgan fingerprint density at radius 3 is 2.65 bits per heavy atom. The molecule has 0 aromatic heterocycles. The lowest BCUT2D eigenvalue weighted by molar-refractivity contribution is 0.292. The molecule has 0 amide bonds. The minimum absolute atomic E-state index is 0.582. The summed E-state index contributed by atoms with van der Waals surface area (Å²) in [6, 6.07) is 6.70. The van der Waals surface area contributed by atoms with Gasteiger partial charge in [0.25, 0.3) is 0 Å². The van der Waals surface area contributed by atoms with E-state index in [1.54, 1.807) is 0 Å². The lowest BCUT2D eigenvalue weighted by atomic mass is 10.0. The number of likely N-dealkylation sites (N-methyl/N-ethyl adjacent to an activating group) is 1. The first-order valence-electron chi connectivity index (χ1n) is 6.47. The summed E-state index contributed by atoms with van der Waals surface area (Å²) in [6.07, 6.45) is 1.13. The fourth-order valence-corrected chi connectivity index (χ4v) is 2.08. The lowest BCUT2D eigenvalue weighted by Gasteiger charge is -2.20. The van der Waals surface area contributed by atoms with Crippen LogP contribution in [0.1, 0.15) is 23.6 Å². The molecule has 0 saturated heterocycles. The van der Waals surface area contributed by atoms with Crippen molar-refractivity contribution in [1.29, 1.82) is 0 Å². The van der Waals surface area contributed by atoms with Gasteiger partial charge >= 0.3 is 0 Å². The molecule has 1 aromatic carbocycles. The molecule has 0 aliphatic rings. The molecule has 2 nitrogen and oxygen atoms in total. The number of rotatable bonds is 6. The third-order valence-corrected chi connectivity index (χ3v) is 3.29. The highest BCUT2D eigenvalue weighted by Crippen LogP contribution is 2.11. The molecule has 0 fully saturated rings. The van der Waals surface area contributed by atoms with Crippen LogP contribution in [0.3, 0.4) is 0 Å². The first kappa shape index (κ1) is 14.2. The van der Waals surface area contributed by atoms with Crippen LogP contribution >= 0.6 is 0 Å². The fraction of sp³-hybridized carbons (Fsp3) is 0.600. The predicted octanol–water partition coefficient (Wildman–Crippen LogP) is 2.37. The highest BCUT2D eigenvalue weighted by Gasteiger charge is 2.06. The number of hydrogen-bond acceptors (Lipinski definition) is 2. The summed E-state index contributed by atoms with van der Waals surface area (Å²) in [5.74, 6) is 0.582. The molecule has 96 valence electrons. The van der Waals surface area contributed by atoms with E-state index in [4.69, 9.17) is 5.73 Å². The van der Waals surface area contributed by atoms with Crippen LogP contribution in [0.5, 0.6) is 0 Å². The van der Waals surface area contributed by atoms with Crippen LogP contribution in [0.15, 0.2) is 18.2 Å². The second-order valence-corrected chi connectivity index (χ2v) is 5.28. The molecule has 1 rings (SSSR count). The maximum absolute atomic E-state index is 5.64. The molecule has 0 spiro atoms. The minimum atomic E-state index is 0.582. The maximum Gasteiger partial charge on any atom is 0.00190 e. The number of nitrogens with two attached hydrogens (primary N) is 1. The van der Waals surface area contributed by atoms with E-state index in [1.807, 2.05) is 0 Å². The summed E-state index contributed by atoms with van der Waals surface area (Å²) in [5.41, 5.74) is 9.86. The predicted molar refractivity (Wildman–Crippen MR) is 75.3 cm³/mol. The van der Waals surface area contributed by atoms with Crippen LogP contribution in [-0.2, 0) is 6.42 Å². The average Bonchev–Trinajstić information content (AvgIpc) is 2.30. The van der Waals surface area contributed by atoms with Gasteiger partial charge in [0.05, 0.1) is 0 Å². The number of nitrogens with zero attached hydrogens (tertiary/aromatic N) is 1. The van der Waals surface area contributed by atoms with Gasteiger partial charge in [0, 0.05) is 13.1 Å². The van der Waals surface area contributed by atoms with E-state index in [-0.39, 0.29) is 0 Å². The highest BCUT2D eigenvalue weighted by atomic mass is 15.1. The largest absolute Gasteiger partial charge is 0.330 e. The van der Waals surface area contributed by atoms with Crippen LogP contribution in [0.2, 0.25) is 0 Å². The van der Waals surface area contributed by atoms with Crippen molar-refractivity contribution in [1.82, 2.24) is 4.90 Å². The summed E-state index contributed by atoms with van der Waals surface area (Å²) in [7, 11) is 2.18. The topological polar surface area (TPSA) is 29.3 Å². The molecule has 1 aromatic rings. The Labute approximate surface area is 106 Å². The van der Waals surface area contributed by atoms with Crippen molar-refractivity contribution in [3.8, 4) is 0 Å². The maximum atomic E-state index is 5.64. The Balaban J connectivity index is 2.47. The number of aryl methyl sites for hydroxylation is 2. The van der Waals surface area contributed by atoms with Crippen molar-refractivity contribution >= 4 is 0 Å². The second-order valence-electron chi connectivity index (χ2n) is 5.28. The fourth-order valence-electron chi connectivity index (χ4n) is 2.08. The molecule has 0 heterocycles. The summed E-state index contributed by atoms with van der Waals surface area (Å²) >= 11 is 0. The average molecular weight is 234 g/mol. The smallest absolute Gasteiger partial charge is 0.00190 e. The molecule has 17 heavy (non-hydrogen) atoms. The number of benzene rings is 1. The third kappa shape index (κ3) is 4.88. The summed E-state index contributed by atoms with van der Waals surface area (Å²) in [5, 5.41) is 0. The second kappa shape index (κ2) is 6.77. The van der Waals surface area contributed by atoms with Gasteiger partial charge < -0.3 is 10.6 Å². The van der Waals surface area contributed by atoms with Crippen LogP contribution in [0, 0.1) is 19.8 Å². The third-order valence-electron chi connectivity index (χ3n) is 3.29. The van der Waals surface area contributed by atoms with Crippen molar-refractivity contribution in [2.45, 2.75) is 27.2 Å². The zero-order chi connectivity index (χ0) is 12.8. The molecule has 0 bridgehead atoms. The molecule has 1 atom stereocenters. The van der Waals surface area contributed by atoms with Crippen LogP contribution in [-0.4, -0.2) is 31.6 Å². The molecule has 1 unspecified atom stereocenters. The van der Waals surface area contributed by atoms with E-state index in [2.05, 4.69) is 50.9 Å². The van der Waals surface area contributed by atoms with E-state index in [9.17, 15) is 0 Å². The van der Waals surface area contributed by atoms with Crippen molar-refractivity contribution in [3.63, 3.8) is 0 Å². The standard InChI is InChI=1S/C15H26N2/c1-12-5-6-14(3)15(9-12)7-8-17(4)11-13(2)10-16/h5-6,9,13H,7-8,10-11,16H2,1-4H3. The van der Waals surface area contributed by atoms with Gasteiger partial charge in [-0.25, -0.2) is 0 Å². The van der Waals surface area contributed by atoms with Crippen molar-refractivity contribution in [2.75, 3.05) is 26.7 Å². The highest BCUT2D eigenvalue weighted by molar-refractivity contribution is 5.30. The van der Waals surface area contributed by atoms with Crippen LogP contribution in [0.4, 0.5) is 0 Å². The van der Waals surface area contributed by atoms with Crippen LogP contribution < -0.4 is 5.73 Å². The molecular formula is C15H26N2. The molecule has 0 aliphatic heterocycles.